The van der Waals surface area contributed by atoms with Gasteiger partial charge in [0.1, 0.15) is 0 Å². The molecule has 8 rings (SSSR count). The van der Waals surface area contributed by atoms with Crippen LogP contribution in [-0.4, -0.2) is 193 Å². The van der Waals surface area contributed by atoms with Gasteiger partial charge in [-0.3, -0.25) is 38.6 Å². The van der Waals surface area contributed by atoms with Crippen molar-refractivity contribution >= 4 is 46.2 Å². The molecule has 4 heterocycles. The van der Waals surface area contributed by atoms with Gasteiger partial charge in [0.15, 0.2) is 0 Å². The normalized spacial score (nSPS) is 17.1. The Bertz CT molecular complexity index is 2190. The highest BCUT2D eigenvalue weighted by Gasteiger charge is 2.39. The first kappa shape index (κ1) is 48.6. The Morgan fingerprint density at radius 3 is 1.01 bits per heavy atom. The van der Waals surface area contributed by atoms with E-state index in [2.05, 4.69) is 43.9 Å². The maximum atomic E-state index is 13.9. The Balaban J connectivity index is 0.740. The predicted octanol–water partition coefficient (Wildman–Crippen LogP) is 5.01. The number of imide groups is 2. The van der Waals surface area contributed by atoms with Crippen LogP contribution in [0.1, 0.15) is 91.1 Å². The number of amides is 6. The van der Waals surface area contributed by atoms with Crippen LogP contribution in [0.25, 0.3) is 10.8 Å². The van der Waals surface area contributed by atoms with Crippen molar-refractivity contribution in [2.24, 2.45) is 0 Å². The summed E-state index contributed by atoms with van der Waals surface area (Å²) in [5.74, 6) is -1.21. The van der Waals surface area contributed by atoms with E-state index in [1.165, 1.54) is 20.9 Å². The molecular weight excluding hydrogens is 857 g/mol. The third-order valence-electron chi connectivity index (χ3n) is 14.4. The summed E-state index contributed by atoms with van der Waals surface area (Å²) >= 11 is 0. The second-order valence-electron chi connectivity index (χ2n) is 19.0. The first-order valence-corrected chi connectivity index (χ1v) is 24.8. The monoisotopic (exact) mass is 925 g/mol. The minimum Gasteiger partial charge on any atom is -0.346 e. The zero-order chi connectivity index (χ0) is 47.6. The van der Waals surface area contributed by atoms with E-state index in [4.69, 9.17) is 0 Å². The molecule has 14 nitrogen and oxygen atoms in total. The minimum atomic E-state index is -0.390. The van der Waals surface area contributed by atoms with E-state index in [-0.39, 0.29) is 48.5 Å². The summed E-state index contributed by atoms with van der Waals surface area (Å²) in [6, 6.07) is 26.8. The lowest BCUT2D eigenvalue weighted by Gasteiger charge is -2.36. The van der Waals surface area contributed by atoms with Crippen LogP contribution in [0.5, 0.6) is 0 Å². The fourth-order valence-electron chi connectivity index (χ4n) is 10.2. The molecular formula is C54H68N8O6. The van der Waals surface area contributed by atoms with Gasteiger partial charge in [0.2, 0.25) is 11.8 Å². The molecule has 0 bridgehead atoms. The van der Waals surface area contributed by atoms with Gasteiger partial charge in [0, 0.05) is 139 Å². The van der Waals surface area contributed by atoms with Crippen molar-refractivity contribution in [1.29, 1.82) is 0 Å². The molecule has 0 spiro atoms. The fourth-order valence-corrected chi connectivity index (χ4v) is 10.2. The van der Waals surface area contributed by atoms with Crippen molar-refractivity contribution in [1.82, 2.24) is 39.2 Å². The van der Waals surface area contributed by atoms with Crippen molar-refractivity contribution in [3.63, 3.8) is 0 Å². The Labute approximate surface area is 401 Å². The van der Waals surface area contributed by atoms with Crippen LogP contribution >= 0.6 is 0 Å². The summed E-state index contributed by atoms with van der Waals surface area (Å²) in [5, 5.41) is 0.816. The van der Waals surface area contributed by atoms with Crippen LogP contribution in [-0.2, 0) is 22.4 Å². The number of aryl methyl sites for hydroxylation is 2. The largest absolute Gasteiger partial charge is 0.346 e. The van der Waals surface area contributed by atoms with E-state index in [1.807, 2.05) is 60.3 Å². The standard InChI is InChI=1S/C54H68N8O6/c1-55(47(63)23-17-41-13-5-3-6-14-41)25-9-27-57-33-37-59(38-34-57)29-11-31-61-51(65)43-19-21-45-50-46(22-20-44(49(43)50)52(61)66)54(68)62(53(45)67)32-12-30-60-39-35-58(36-40-60)28-10-26-56(2)48(64)24-18-42-15-7-4-8-16-42/h3-8,13-16,19-22H,9-12,17-18,23-40H2,1-2H3. The molecule has 0 radical (unpaired) electrons. The number of hydrogen-bond acceptors (Lipinski definition) is 10. The lowest BCUT2D eigenvalue weighted by atomic mass is 9.86. The maximum absolute atomic E-state index is 13.9. The van der Waals surface area contributed by atoms with Crippen LogP contribution in [0.2, 0.25) is 0 Å². The summed E-state index contributed by atoms with van der Waals surface area (Å²) in [7, 11) is 3.78. The molecule has 0 N–H and O–H groups in total. The van der Waals surface area contributed by atoms with Crippen molar-refractivity contribution in [3.8, 4) is 0 Å². The molecule has 68 heavy (non-hydrogen) atoms. The number of piperazine rings is 2. The maximum Gasteiger partial charge on any atom is 0.261 e. The van der Waals surface area contributed by atoms with E-state index in [0.717, 1.165) is 117 Å². The number of carbonyl (C=O) groups excluding carboxylic acids is 6. The van der Waals surface area contributed by atoms with Gasteiger partial charge in [-0.25, -0.2) is 0 Å². The highest BCUT2D eigenvalue weighted by atomic mass is 16.2. The first-order chi connectivity index (χ1) is 33.0. The molecule has 0 atom stereocenters. The zero-order valence-corrected chi connectivity index (χ0v) is 40.1. The molecule has 2 saturated heterocycles. The first-order valence-electron chi connectivity index (χ1n) is 24.8. The molecule has 14 heteroatoms. The highest BCUT2D eigenvalue weighted by molar-refractivity contribution is 6.33. The highest BCUT2D eigenvalue weighted by Crippen LogP contribution is 2.38. The average Bonchev–Trinajstić information content (AvgIpc) is 3.36. The van der Waals surface area contributed by atoms with Crippen molar-refractivity contribution < 1.29 is 28.8 Å². The number of nitrogens with zero attached hydrogens (tertiary/aromatic N) is 8. The van der Waals surface area contributed by atoms with Crippen LogP contribution in [0, 0.1) is 0 Å². The molecule has 4 aliphatic rings. The lowest BCUT2D eigenvalue weighted by Crippen LogP contribution is -2.48. The van der Waals surface area contributed by atoms with Gasteiger partial charge in [0.05, 0.1) is 0 Å². The summed E-state index contributed by atoms with van der Waals surface area (Å²) in [5.41, 5.74) is 3.77. The van der Waals surface area contributed by atoms with E-state index in [1.54, 1.807) is 24.3 Å². The summed E-state index contributed by atoms with van der Waals surface area (Å²) in [4.78, 5) is 96.9. The second kappa shape index (κ2) is 23.0. The van der Waals surface area contributed by atoms with Crippen LogP contribution in [0.15, 0.2) is 84.9 Å². The molecule has 2 fully saturated rings. The lowest BCUT2D eigenvalue weighted by molar-refractivity contribution is -0.130. The van der Waals surface area contributed by atoms with Crippen molar-refractivity contribution in [2.75, 3.05) is 119 Å². The van der Waals surface area contributed by atoms with Gasteiger partial charge >= 0.3 is 0 Å². The van der Waals surface area contributed by atoms with E-state index in [0.29, 0.717) is 58.7 Å². The minimum absolute atomic E-state index is 0.173. The fraction of sp³-hybridized carbons (Fsp3) is 0.481. The van der Waals surface area contributed by atoms with E-state index in [9.17, 15) is 28.8 Å². The van der Waals surface area contributed by atoms with Gasteiger partial charge in [0.25, 0.3) is 23.6 Å². The topological polar surface area (TPSA) is 128 Å². The Kier molecular flexibility index (Phi) is 16.5. The average molecular weight is 925 g/mol. The van der Waals surface area contributed by atoms with Gasteiger partial charge in [-0.2, -0.15) is 0 Å². The molecule has 6 amide bonds. The summed E-state index contributed by atoms with van der Waals surface area (Å²) in [6.45, 7) is 12.8. The summed E-state index contributed by atoms with van der Waals surface area (Å²) < 4.78 is 0. The molecule has 4 aromatic carbocycles. The molecule has 0 saturated carbocycles. The third-order valence-corrected chi connectivity index (χ3v) is 14.4. The Morgan fingerprint density at radius 2 is 0.706 bits per heavy atom. The quantitative estimate of drug-likeness (QED) is 0.0994. The number of rotatable bonds is 22. The van der Waals surface area contributed by atoms with Crippen molar-refractivity contribution in [3.05, 3.63) is 118 Å². The summed E-state index contributed by atoms with van der Waals surface area (Å²) in [6.07, 6.45) is 5.67. The van der Waals surface area contributed by atoms with Gasteiger partial charge in [-0.1, -0.05) is 60.7 Å². The molecule has 360 valence electrons. The smallest absolute Gasteiger partial charge is 0.261 e. The third kappa shape index (κ3) is 11.7. The number of hydrogen-bond donors (Lipinski definition) is 0. The van der Waals surface area contributed by atoms with E-state index >= 15 is 0 Å². The molecule has 0 aromatic heterocycles. The van der Waals surface area contributed by atoms with Crippen LogP contribution in [0.4, 0.5) is 0 Å². The molecule has 0 aliphatic carbocycles. The Hall–Kier alpha value is -5.80. The Morgan fingerprint density at radius 1 is 0.412 bits per heavy atom. The zero-order valence-electron chi connectivity index (χ0n) is 40.1. The molecule has 4 aliphatic heterocycles. The van der Waals surface area contributed by atoms with Crippen LogP contribution in [0.3, 0.4) is 0 Å². The molecule has 0 unspecified atom stereocenters. The number of benzene rings is 4. The number of carbonyl (C=O) groups is 6. The van der Waals surface area contributed by atoms with Gasteiger partial charge < -0.3 is 29.4 Å². The second-order valence-corrected chi connectivity index (χ2v) is 19.0. The van der Waals surface area contributed by atoms with Gasteiger partial charge in [-0.05, 0) is 100 Å². The van der Waals surface area contributed by atoms with Gasteiger partial charge in [-0.15, -0.1) is 0 Å². The predicted molar refractivity (Wildman–Crippen MR) is 264 cm³/mol. The van der Waals surface area contributed by atoms with E-state index < -0.39 is 0 Å². The van der Waals surface area contributed by atoms with Crippen LogP contribution < -0.4 is 0 Å². The molecule has 4 aromatic rings. The SMILES string of the molecule is CN(CCCN1CCN(CCCN2C(=O)c3ccc4c5c(ccc(c35)C2=O)C(=O)N(CCCN2CCN(CCCN(C)C(=O)CCc3ccccc3)CC2)C4=O)CC1)C(=O)CCc1ccccc1. The van der Waals surface area contributed by atoms with Crippen molar-refractivity contribution in [2.45, 2.75) is 51.4 Å².